The lowest BCUT2D eigenvalue weighted by Gasteiger charge is -2.12. The number of fused-ring (bicyclic) bond motifs is 1. The Hall–Kier alpha value is -4.44. The first-order chi connectivity index (χ1) is 16.5. The molecule has 0 spiro atoms. The minimum atomic E-state index is -0.0622. The Labute approximate surface area is 198 Å². The number of anilines is 2. The fourth-order valence-corrected chi connectivity index (χ4v) is 3.23. The molecule has 2 aromatic carbocycles. The van der Waals surface area contributed by atoms with Gasteiger partial charge in [-0.15, -0.1) is 0 Å². The minimum absolute atomic E-state index is 0.0140. The standard InChI is InChI=1S/C27H25N5O2/c1-18(2)27(33)29-13-4-6-20-8-10-24-23(15-20)26(31-17-30-24)32-21-9-11-25(19(3)14-21)34-22-7-5-12-28-16-22/h5,7-12,14-18H,13H2,1-3H3,(H,29,33)(H,30,31,32). The van der Waals surface area contributed by atoms with Crippen LogP contribution >= 0.6 is 0 Å². The number of nitrogens with one attached hydrogen (secondary N) is 2. The molecule has 4 aromatic rings. The van der Waals surface area contributed by atoms with Gasteiger partial charge in [0.1, 0.15) is 23.6 Å². The molecular formula is C27H25N5O2. The number of carbonyl (C=O) groups is 1. The van der Waals surface area contributed by atoms with Gasteiger partial charge in [-0.2, -0.15) is 0 Å². The number of rotatable bonds is 6. The maximum absolute atomic E-state index is 11.7. The van der Waals surface area contributed by atoms with E-state index < -0.39 is 0 Å². The number of nitrogens with zero attached hydrogens (tertiary/aromatic N) is 3. The molecular weight excluding hydrogens is 426 g/mol. The van der Waals surface area contributed by atoms with Crippen LogP contribution in [0.15, 0.2) is 67.3 Å². The summed E-state index contributed by atoms with van der Waals surface area (Å²) >= 11 is 0. The fourth-order valence-electron chi connectivity index (χ4n) is 3.23. The third-order valence-corrected chi connectivity index (χ3v) is 5.04. The summed E-state index contributed by atoms with van der Waals surface area (Å²) in [5, 5.41) is 7.03. The zero-order valence-corrected chi connectivity index (χ0v) is 19.3. The lowest BCUT2D eigenvalue weighted by Crippen LogP contribution is -2.27. The number of amides is 1. The number of benzene rings is 2. The molecule has 0 atom stereocenters. The molecule has 0 aliphatic carbocycles. The van der Waals surface area contributed by atoms with E-state index in [9.17, 15) is 4.79 Å². The molecule has 0 fully saturated rings. The lowest BCUT2D eigenvalue weighted by molar-refractivity contribution is -0.123. The van der Waals surface area contributed by atoms with E-state index in [1.807, 2.05) is 69.3 Å². The van der Waals surface area contributed by atoms with Gasteiger partial charge in [-0.3, -0.25) is 9.78 Å². The van der Waals surface area contributed by atoms with Crippen molar-refractivity contribution < 1.29 is 9.53 Å². The second-order valence-corrected chi connectivity index (χ2v) is 8.02. The SMILES string of the molecule is Cc1cc(Nc2ncnc3ccc(C#CCNC(=O)C(C)C)cc23)ccc1Oc1cccnc1. The van der Waals surface area contributed by atoms with Gasteiger partial charge in [0, 0.05) is 28.8 Å². The van der Waals surface area contributed by atoms with Crippen LogP contribution in [0, 0.1) is 24.7 Å². The minimum Gasteiger partial charge on any atom is -0.455 e. The Morgan fingerprint density at radius 1 is 1.12 bits per heavy atom. The number of pyridine rings is 1. The Balaban J connectivity index is 1.52. The van der Waals surface area contributed by atoms with E-state index >= 15 is 0 Å². The summed E-state index contributed by atoms with van der Waals surface area (Å²) in [6.07, 6.45) is 4.92. The van der Waals surface area contributed by atoms with Crippen molar-refractivity contribution in [3.8, 4) is 23.3 Å². The molecule has 0 radical (unpaired) electrons. The van der Waals surface area contributed by atoms with Crippen LogP contribution in [0.2, 0.25) is 0 Å². The van der Waals surface area contributed by atoms with E-state index in [0.29, 0.717) is 18.1 Å². The quantitative estimate of drug-likeness (QED) is 0.402. The largest absolute Gasteiger partial charge is 0.455 e. The van der Waals surface area contributed by atoms with Gasteiger partial charge >= 0.3 is 0 Å². The average molecular weight is 452 g/mol. The summed E-state index contributed by atoms with van der Waals surface area (Å²) in [6.45, 7) is 5.99. The van der Waals surface area contributed by atoms with Gasteiger partial charge in [-0.1, -0.05) is 25.7 Å². The molecule has 34 heavy (non-hydrogen) atoms. The van der Waals surface area contributed by atoms with Crippen LogP contribution in [0.25, 0.3) is 10.9 Å². The van der Waals surface area contributed by atoms with Gasteiger partial charge in [-0.25, -0.2) is 9.97 Å². The summed E-state index contributed by atoms with van der Waals surface area (Å²) in [6, 6.07) is 15.3. The summed E-state index contributed by atoms with van der Waals surface area (Å²) in [4.78, 5) is 24.5. The highest BCUT2D eigenvalue weighted by Gasteiger charge is 2.08. The van der Waals surface area contributed by atoms with E-state index in [4.69, 9.17) is 4.74 Å². The molecule has 0 saturated heterocycles. The molecule has 2 heterocycles. The molecule has 0 aliphatic rings. The van der Waals surface area contributed by atoms with Crippen molar-refractivity contribution in [2.45, 2.75) is 20.8 Å². The monoisotopic (exact) mass is 451 g/mol. The van der Waals surface area contributed by atoms with Gasteiger partial charge in [0.25, 0.3) is 0 Å². The number of ether oxygens (including phenoxy) is 1. The highest BCUT2D eigenvalue weighted by Crippen LogP contribution is 2.29. The molecule has 2 N–H and O–H groups in total. The van der Waals surface area contributed by atoms with Gasteiger partial charge in [0.15, 0.2) is 0 Å². The molecule has 7 heteroatoms. The van der Waals surface area contributed by atoms with Crippen molar-refractivity contribution in [3.63, 3.8) is 0 Å². The Morgan fingerprint density at radius 2 is 2.00 bits per heavy atom. The summed E-state index contributed by atoms with van der Waals surface area (Å²) in [5.41, 5.74) is 3.48. The summed E-state index contributed by atoms with van der Waals surface area (Å²) in [5.74, 6) is 8.14. The Bertz CT molecular complexity index is 1370. The summed E-state index contributed by atoms with van der Waals surface area (Å²) < 4.78 is 5.92. The first kappa shape index (κ1) is 22.7. The molecule has 2 aromatic heterocycles. The van der Waals surface area contributed by atoms with Gasteiger partial charge < -0.3 is 15.4 Å². The van der Waals surface area contributed by atoms with Crippen LogP contribution in [0.3, 0.4) is 0 Å². The number of hydrogen-bond donors (Lipinski definition) is 2. The number of hydrogen-bond acceptors (Lipinski definition) is 6. The second kappa shape index (κ2) is 10.5. The van der Waals surface area contributed by atoms with Crippen molar-refractivity contribution >= 4 is 28.3 Å². The van der Waals surface area contributed by atoms with E-state index in [2.05, 4.69) is 37.4 Å². The molecule has 7 nitrogen and oxygen atoms in total. The zero-order chi connectivity index (χ0) is 23.9. The Kier molecular flexibility index (Phi) is 6.99. The predicted molar refractivity (Wildman–Crippen MR) is 133 cm³/mol. The van der Waals surface area contributed by atoms with Crippen LogP contribution < -0.4 is 15.4 Å². The van der Waals surface area contributed by atoms with Crippen molar-refractivity contribution in [1.82, 2.24) is 20.3 Å². The van der Waals surface area contributed by atoms with Gasteiger partial charge in [-0.05, 0) is 61.0 Å². The number of carbonyl (C=O) groups excluding carboxylic acids is 1. The smallest absolute Gasteiger partial charge is 0.223 e. The van der Waals surface area contributed by atoms with Crippen molar-refractivity contribution in [3.05, 3.63) is 78.4 Å². The van der Waals surface area contributed by atoms with E-state index in [0.717, 1.165) is 33.5 Å². The van der Waals surface area contributed by atoms with E-state index in [1.54, 1.807) is 12.4 Å². The van der Waals surface area contributed by atoms with Crippen molar-refractivity contribution in [1.29, 1.82) is 0 Å². The first-order valence-corrected chi connectivity index (χ1v) is 11.0. The number of aryl methyl sites for hydroxylation is 1. The third-order valence-electron chi connectivity index (χ3n) is 5.04. The highest BCUT2D eigenvalue weighted by atomic mass is 16.5. The second-order valence-electron chi connectivity index (χ2n) is 8.02. The molecule has 0 aliphatic heterocycles. The van der Waals surface area contributed by atoms with Crippen LogP contribution in [0.4, 0.5) is 11.5 Å². The lowest BCUT2D eigenvalue weighted by atomic mass is 10.1. The van der Waals surface area contributed by atoms with E-state index in [-0.39, 0.29) is 11.8 Å². The maximum Gasteiger partial charge on any atom is 0.223 e. The fraction of sp³-hybridized carbons (Fsp3) is 0.185. The van der Waals surface area contributed by atoms with Crippen LogP contribution in [0.5, 0.6) is 11.5 Å². The van der Waals surface area contributed by atoms with Crippen molar-refractivity contribution in [2.75, 3.05) is 11.9 Å². The zero-order valence-electron chi connectivity index (χ0n) is 19.3. The summed E-state index contributed by atoms with van der Waals surface area (Å²) in [7, 11) is 0. The maximum atomic E-state index is 11.7. The normalized spacial score (nSPS) is 10.5. The molecule has 0 bridgehead atoms. The third kappa shape index (κ3) is 5.67. The van der Waals surface area contributed by atoms with Crippen LogP contribution in [0.1, 0.15) is 25.0 Å². The van der Waals surface area contributed by atoms with Gasteiger partial charge in [0.2, 0.25) is 5.91 Å². The molecule has 170 valence electrons. The molecule has 4 rings (SSSR count). The molecule has 0 unspecified atom stereocenters. The Morgan fingerprint density at radius 3 is 2.76 bits per heavy atom. The van der Waals surface area contributed by atoms with Crippen LogP contribution in [-0.2, 0) is 4.79 Å². The molecule has 1 amide bonds. The van der Waals surface area contributed by atoms with E-state index in [1.165, 1.54) is 6.33 Å². The first-order valence-electron chi connectivity index (χ1n) is 11.0. The average Bonchev–Trinajstić information content (AvgIpc) is 2.84. The molecule has 0 saturated carbocycles. The number of aromatic nitrogens is 3. The van der Waals surface area contributed by atoms with Gasteiger partial charge in [0.05, 0.1) is 18.3 Å². The predicted octanol–water partition coefficient (Wildman–Crippen LogP) is 4.99. The van der Waals surface area contributed by atoms with Crippen molar-refractivity contribution in [2.24, 2.45) is 5.92 Å². The topological polar surface area (TPSA) is 89.0 Å². The highest BCUT2D eigenvalue weighted by molar-refractivity contribution is 5.91. The van der Waals surface area contributed by atoms with Crippen LogP contribution in [-0.4, -0.2) is 27.4 Å².